The van der Waals surface area contributed by atoms with E-state index in [1.807, 2.05) is 37.3 Å². The van der Waals surface area contributed by atoms with E-state index in [9.17, 15) is 9.59 Å². The molecule has 0 aliphatic carbocycles. The predicted octanol–water partition coefficient (Wildman–Crippen LogP) is 2.94. The van der Waals surface area contributed by atoms with Crippen LogP contribution in [0.15, 0.2) is 48.5 Å². The third kappa shape index (κ3) is 5.73. The van der Waals surface area contributed by atoms with Crippen molar-refractivity contribution in [3.05, 3.63) is 59.7 Å². The molecule has 154 valence electrons. The Morgan fingerprint density at radius 2 is 1.79 bits per heavy atom. The number of nitrogens with zero attached hydrogens (tertiary/aromatic N) is 1. The van der Waals surface area contributed by atoms with Crippen LogP contribution < -0.4 is 14.8 Å². The van der Waals surface area contributed by atoms with Gasteiger partial charge in [0.1, 0.15) is 0 Å². The van der Waals surface area contributed by atoms with Gasteiger partial charge in [0.05, 0.1) is 7.11 Å². The van der Waals surface area contributed by atoms with E-state index in [-0.39, 0.29) is 24.3 Å². The fourth-order valence-corrected chi connectivity index (χ4v) is 3.52. The van der Waals surface area contributed by atoms with Crippen LogP contribution in [0.5, 0.6) is 11.5 Å². The average Bonchev–Trinajstić information content (AvgIpc) is 2.76. The second kappa shape index (κ2) is 9.96. The minimum absolute atomic E-state index is 0.0371. The lowest BCUT2D eigenvalue weighted by Gasteiger charge is -2.31. The summed E-state index contributed by atoms with van der Waals surface area (Å²) in [5.74, 6) is 1.08. The number of nitrogens with one attached hydrogen (secondary N) is 1. The molecule has 0 saturated carbocycles. The van der Waals surface area contributed by atoms with E-state index in [0.29, 0.717) is 44.0 Å². The number of carbonyl (C=O) groups is 2. The van der Waals surface area contributed by atoms with Crippen molar-refractivity contribution < 1.29 is 19.1 Å². The van der Waals surface area contributed by atoms with Gasteiger partial charge >= 0.3 is 0 Å². The number of para-hydroxylation sites is 2. The van der Waals surface area contributed by atoms with Crippen LogP contribution in [0.2, 0.25) is 0 Å². The van der Waals surface area contributed by atoms with Gasteiger partial charge < -0.3 is 19.7 Å². The first-order valence-corrected chi connectivity index (χ1v) is 9.93. The number of likely N-dealkylation sites (tertiary alicyclic amines) is 1. The van der Waals surface area contributed by atoms with E-state index >= 15 is 0 Å². The smallest absolute Gasteiger partial charge is 0.260 e. The van der Waals surface area contributed by atoms with Crippen molar-refractivity contribution in [2.45, 2.75) is 26.3 Å². The molecule has 0 spiro atoms. The summed E-state index contributed by atoms with van der Waals surface area (Å²) in [4.78, 5) is 26.7. The fourth-order valence-electron chi connectivity index (χ4n) is 3.52. The first kappa shape index (κ1) is 20.7. The molecule has 1 aliphatic rings. The highest BCUT2D eigenvalue weighted by Gasteiger charge is 2.27. The molecule has 2 aromatic rings. The fraction of sp³-hybridized carbons (Fsp3) is 0.391. The number of rotatable bonds is 7. The van der Waals surface area contributed by atoms with Gasteiger partial charge in [-0.1, -0.05) is 42.0 Å². The summed E-state index contributed by atoms with van der Waals surface area (Å²) in [7, 11) is 1.57. The molecular formula is C23H28N2O4. The van der Waals surface area contributed by atoms with Crippen molar-refractivity contribution >= 4 is 11.8 Å². The average molecular weight is 396 g/mol. The zero-order valence-corrected chi connectivity index (χ0v) is 17.0. The van der Waals surface area contributed by atoms with E-state index in [4.69, 9.17) is 9.47 Å². The number of aryl methyl sites for hydroxylation is 1. The number of carbonyl (C=O) groups excluding carboxylic acids is 2. The second-order valence-corrected chi connectivity index (χ2v) is 7.30. The van der Waals surface area contributed by atoms with Crippen LogP contribution >= 0.6 is 0 Å². The van der Waals surface area contributed by atoms with Gasteiger partial charge in [-0.15, -0.1) is 0 Å². The molecule has 1 fully saturated rings. The van der Waals surface area contributed by atoms with Gasteiger partial charge in [-0.3, -0.25) is 9.59 Å². The Hall–Kier alpha value is -3.02. The molecule has 0 unspecified atom stereocenters. The van der Waals surface area contributed by atoms with Crippen molar-refractivity contribution in [1.29, 1.82) is 0 Å². The van der Waals surface area contributed by atoms with Crippen molar-refractivity contribution in [3.63, 3.8) is 0 Å². The van der Waals surface area contributed by atoms with E-state index in [1.54, 1.807) is 24.1 Å². The standard InChI is InChI=1S/C23H28N2O4/c1-17-6-5-7-18(14-17)15-24-23(27)19-10-12-25(13-11-19)22(26)16-29-21-9-4-3-8-20(21)28-2/h3-9,14,19H,10-13,15-16H2,1-2H3,(H,24,27). The Labute approximate surface area is 171 Å². The maximum absolute atomic E-state index is 12.5. The summed E-state index contributed by atoms with van der Waals surface area (Å²) in [5, 5.41) is 3.02. The van der Waals surface area contributed by atoms with E-state index in [0.717, 1.165) is 5.56 Å². The third-order valence-electron chi connectivity index (χ3n) is 5.19. The lowest BCUT2D eigenvalue weighted by atomic mass is 9.95. The van der Waals surface area contributed by atoms with Crippen molar-refractivity contribution in [2.75, 3.05) is 26.8 Å². The van der Waals surface area contributed by atoms with E-state index < -0.39 is 0 Å². The second-order valence-electron chi connectivity index (χ2n) is 7.30. The molecule has 1 aliphatic heterocycles. The normalized spacial score (nSPS) is 14.3. The van der Waals surface area contributed by atoms with Crippen LogP contribution in [0.1, 0.15) is 24.0 Å². The lowest BCUT2D eigenvalue weighted by molar-refractivity contribution is -0.137. The summed E-state index contributed by atoms with van der Waals surface area (Å²) in [6.07, 6.45) is 1.33. The maximum Gasteiger partial charge on any atom is 0.260 e. The molecule has 3 rings (SSSR count). The van der Waals surface area contributed by atoms with Crippen LogP contribution in [-0.2, 0) is 16.1 Å². The summed E-state index contributed by atoms with van der Waals surface area (Å²) in [6.45, 7) is 3.67. The zero-order chi connectivity index (χ0) is 20.6. The van der Waals surface area contributed by atoms with Crippen LogP contribution in [0, 0.1) is 12.8 Å². The number of hydrogen-bond acceptors (Lipinski definition) is 4. The third-order valence-corrected chi connectivity index (χ3v) is 5.19. The monoisotopic (exact) mass is 396 g/mol. The molecule has 1 saturated heterocycles. The van der Waals surface area contributed by atoms with Gasteiger partial charge in [-0.05, 0) is 37.5 Å². The summed E-state index contributed by atoms with van der Waals surface area (Å²) in [6, 6.07) is 15.4. The van der Waals surface area contributed by atoms with E-state index in [2.05, 4.69) is 11.4 Å². The zero-order valence-electron chi connectivity index (χ0n) is 17.0. The highest BCUT2D eigenvalue weighted by atomic mass is 16.5. The molecule has 6 heteroatoms. The highest BCUT2D eigenvalue weighted by molar-refractivity contribution is 5.80. The number of hydrogen-bond donors (Lipinski definition) is 1. The molecule has 2 aromatic carbocycles. The Bertz CT molecular complexity index is 844. The molecule has 0 atom stereocenters. The summed E-state index contributed by atoms with van der Waals surface area (Å²) >= 11 is 0. The minimum atomic E-state index is -0.0745. The molecule has 1 heterocycles. The van der Waals surface area contributed by atoms with Gasteiger partial charge in [0, 0.05) is 25.6 Å². The Balaban J connectivity index is 1.42. The van der Waals surface area contributed by atoms with Crippen molar-refractivity contribution in [2.24, 2.45) is 5.92 Å². The first-order valence-electron chi connectivity index (χ1n) is 9.93. The Kier molecular flexibility index (Phi) is 7.11. The molecule has 2 amide bonds. The van der Waals surface area contributed by atoms with Gasteiger partial charge in [-0.2, -0.15) is 0 Å². The van der Waals surface area contributed by atoms with Gasteiger partial charge in [0.25, 0.3) is 5.91 Å². The SMILES string of the molecule is COc1ccccc1OCC(=O)N1CCC(C(=O)NCc2cccc(C)c2)CC1. The predicted molar refractivity (Wildman–Crippen MR) is 111 cm³/mol. The molecule has 6 nitrogen and oxygen atoms in total. The minimum Gasteiger partial charge on any atom is -0.493 e. The molecule has 0 bridgehead atoms. The Morgan fingerprint density at radius 3 is 2.48 bits per heavy atom. The van der Waals surface area contributed by atoms with Crippen LogP contribution in [0.4, 0.5) is 0 Å². The van der Waals surface area contributed by atoms with Gasteiger partial charge in [0.15, 0.2) is 18.1 Å². The molecule has 1 N–H and O–H groups in total. The molecule has 29 heavy (non-hydrogen) atoms. The lowest BCUT2D eigenvalue weighted by Crippen LogP contribution is -2.44. The molecule has 0 radical (unpaired) electrons. The Morgan fingerprint density at radius 1 is 1.07 bits per heavy atom. The van der Waals surface area contributed by atoms with Gasteiger partial charge in [0.2, 0.25) is 5.91 Å². The summed E-state index contributed by atoms with van der Waals surface area (Å²) < 4.78 is 10.8. The van der Waals surface area contributed by atoms with E-state index in [1.165, 1.54) is 5.56 Å². The topological polar surface area (TPSA) is 67.9 Å². The number of ether oxygens (including phenoxy) is 2. The number of amides is 2. The van der Waals surface area contributed by atoms with Crippen LogP contribution in [0.3, 0.4) is 0 Å². The van der Waals surface area contributed by atoms with Crippen molar-refractivity contribution in [1.82, 2.24) is 10.2 Å². The number of methoxy groups -OCH3 is 1. The van der Waals surface area contributed by atoms with Gasteiger partial charge in [-0.25, -0.2) is 0 Å². The quantitative estimate of drug-likeness (QED) is 0.781. The largest absolute Gasteiger partial charge is 0.493 e. The van der Waals surface area contributed by atoms with Crippen molar-refractivity contribution in [3.8, 4) is 11.5 Å². The molecule has 0 aromatic heterocycles. The van der Waals surface area contributed by atoms with Crippen LogP contribution in [0.25, 0.3) is 0 Å². The number of benzene rings is 2. The maximum atomic E-state index is 12.5. The summed E-state index contributed by atoms with van der Waals surface area (Å²) in [5.41, 5.74) is 2.28. The first-order chi connectivity index (χ1) is 14.1. The molecular weight excluding hydrogens is 368 g/mol. The van der Waals surface area contributed by atoms with Crippen LogP contribution in [-0.4, -0.2) is 43.5 Å². The number of piperidine rings is 1. The highest BCUT2D eigenvalue weighted by Crippen LogP contribution is 2.26.